The third-order valence-corrected chi connectivity index (χ3v) is 8.28. The highest BCUT2D eigenvalue weighted by molar-refractivity contribution is 7.14. The van der Waals surface area contributed by atoms with Gasteiger partial charge in [0.05, 0.1) is 33.0 Å². The molecule has 204 valence electrons. The third-order valence-electron chi connectivity index (χ3n) is 7.13. The maximum absolute atomic E-state index is 14.9. The van der Waals surface area contributed by atoms with Gasteiger partial charge < -0.3 is 14.9 Å². The van der Waals surface area contributed by atoms with E-state index in [1.165, 1.54) is 35.6 Å². The molecule has 0 bridgehead atoms. The van der Waals surface area contributed by atoms with Crippen LogP contribution in [0.5, 0.6) is 5.75 Å². The molecule has 1 aromatic carbocycles. The summed E-state index contributed by atoms with van der Waals surface area (Å²) >= 11 is 8.23. The van der Waals surface area contributed by atoms with Crippen molar-refractivity contribution in [1.29, 1.82) is 0 Å². The SMILES string of the molecule is C=CC(=O)N1C[C@H](C)N(C2=NCN(c3scnc3C(C)C)c3nc(-c4c(O)cccc4F)c(Cl)cc32)C[C@H]1C. The molecule has 0 spiro atoms. The number of phenolic OH excluding ortho intramolecular Hbond substituents is 1. The molecular formula is C28H30ClFN6O2S. The molecule has 4 heterocycles. The maximum atomic E-state index is 14.9. The molecule has 0 unspecified atom stereocenters. The van der Waals surface area contributed by atoms with Gasteiger partial charge in [-0.2, -0.15) is 0 Å². The number of nitrogens with zero attached hydrogens (tertiary/aromatic N) is 6. The number of pyridine rings is 1. The zero-order chi connectivity index (χ0) is 28.0. The fraction of sp³-hybridized carbons (Fsp3) is 0.357. The van der Waals surface area contributed by atoms with Crippen molar-refractivity contribution in [2.24, 2.45) is 4.99 Å². The molecule has 39 heavy (non-hydrogen) atoms. The molecule has 0 saturated carbocycles. The number of anilines is 2. The molecule has 2 atom stereocenters. The molecule has 1 fully saturated rings. The summed E-state index contributed by atoms with van der Waals surface area (Å²) in [4.78, 5) is 32.8. The Labute approximate surface area is 236 Å². The number of aliphatic imine (C=N–C) groups is 1. The number of amidine groups is 1. The molecule has 1 saturated heterocycles. The van der Waals surface area contributed by atoms with Gasteiger partial charge in [0.1, 0.15) is 34.9 Å². The van der Waals surface area contributed by atoms with Crippen molar-refractivity contribution in [1.82, 2.24) is 19.8 Å². The van der Waals surface area contributed by atoms with Crippen LogP contribution >= 0.6 is 22.9 Å². The molecule has 2 aromatic heterocycles. The Morgan fingerprint density at radius 2 is 2.05 bits per heavy atom. The average molecular weight is 569 g/mol. The zero-order valence-corrected chi connectivity index (χ0v) is 23.8. The van der Waals surface area contributed by atoms with Crippen LogP contribution in [0.15, 0.2) is 47.4 Å². The second kappa shape index (κ2) is 10.6. The summed E-state index contributed by atoms with van der Waals surface area (Å²) in [5.74, 6) is 0.465. The number of benzene rings is 1. The van der Waals surface area contributed by atoms with E-state index in [1.54, 1.807) is 11.6 Å². The van der Waals surface area contributed by atoms with Gasteiger partial charge in [-0.05, 0) is 44.0 Å². The van der Waals surface area contributed by atoms with Crippen LogP contribution in [0.25, 0.3) is 11.3 Å². The molecule has 0 aliphatic carbocycles. The summed E-state index contributed by atoms with van der Waals surface area (Å²) in [7, 11) is 0. The highest BCUT2D eigenvalue weighted by atomic mass is 35.5. The second-order valence-electron chi connectivity index (χ2n) is 10.1. The van der Waals surface area contributed by atoms with Crippen LogP contribution in [0.2, 0.25) is 5.02 Å². The number of amides is 1. The number of thiazole rings is 1. The van der Waals surface area contributed by atoms with Crippen LogP contribution in [-0.2, 0) is 4.79 Å². The van der Waals surface area contributed by atoms with Crippen molar-refractivity contribution in [2.75, 3.05) is 24.7 Å². The summed E-state index contributed by atoms with van der Waals surface area (Å²) in [5.41, 5.74) is 3.49. The van der Waals surface area contributed by atoms with Crippen molar-refractivity contribution < 1.29 is 14.3 Å². The first kappa shape index (κ1) is 27.1. The Balaban J connectivity index is 1.65. The number of carbonyl (C=O) groups is 1. The summed E-state index contributed by atoms with van der Waals surface area (Å²) in [5, 5.41) is 11.6. The van der Waals surface area contributed by atoms with Crippen molar-refractivity contribution >= 4 is 45.5 Å². The Hall–Kier alpha value is -3.50. The van der Waals surface area contributed by atoms with Gasteiger partial charge in [0, 0.05) is 25.2 Å². The Kier molecular flexibility index (Phi) is 7.35. The van der Waals surface area contributed by atoms with Gasteiger partial charge in [0.25, 0.3) is 0 Å². The van der Waals surface area contributed by atoms with E-state index in [0.717, 1.165) is 10.7 Å². The lowest BCUT2D eigenvalue weighted by Crippen LogP contribution is -2.59. The Bertz CT molecular complexity index is 1450. The van der Waals surface area contributed by atoms with E-state index in [-0.39, 0.29) is 52.6 Å². The number of phenols is 1. The fourth-order valence-electron chi connectivity index (χ4n) is 5.16. The number of piperazine rings is 1. The number of carbonyl (C=O) groups excluding carboxylic acids is 1. The van der Waals surface area contributed by atoms with Gasteiger partial charge in [-0.3, -0.25) is 9.69 Å². The molecule has 2 aliphatic rings. The molecule has 0 radical (unpaired) electrons. The largest absolute Gasteiger partial charge is 0.507 e. The number of halogens is 2. The number of aromatic hydroxyl groups is 1. The Morgan fingerprint density at radius 3 is 2.74 bits per heavy atom. The normalized spacial score (nSPS) is 19.3. The quantitative estimate of drug-likeness (QED) is 0.401. The summed E-state index contributed by atoms with van der Waals surface area (Å²) in [6.07, 6.45) is 1.34. The molecule has 1 amide bonds. The van der Waals surface area contributed by atoms with Gasteiger partial charge in [-0.15, -0.1) is 11.3 Å². The maximum Gasteiger partial charge on any atom is 0.246 e. The number of fused-ring (bicyclic) bond motifs is 1. The number of aromatic nitrogens is 2. The fourth-order valence-corrected chi connectivity index (χ4v) is 6.35. The molecule has 1 N–H and O–H groups in total. The predicted octanol–water partition coefficient (Wildman–Crippen LogP) is 5.79. The van der Waals surface area contributed by atoms with Crippen molar-refractivity contribution in [2.45, 2.75) is 45.7 Å². The van der Waals surface area contributed by atoms with Gasteiger partial charge in [-0.1, -0.05) is 38.1 Å². The van der Waals surface area contributed by atoms with E-state index in [4.69, 9.17) is 21.6 Å². The van der Waals surface area contributed by atoms with Gasteiger partial charge in [0.15, 0.2) is 0 Å². The van der Waals surface area contributed by atoms with Crippen molar-refractivity contribution in [3.8, 4) is 17.0 Å². The third kappa shape index (κ3) is 4.76. The predicted molar refractivity (Wildman–Crippen MR) is 154 cm³/mol. The van der Waals surface area contributed by atoms with E-state index >= 15 is 0 Å². The minimum atomic E-state index is -0.619. The molecular weight excluding hydrogens is 539 g/mol. The molecule has 8 nitrogen and oxygen atoms in total. The first-order valence-corrected chi connectivity index (χ1v) is 14.0. The molecule has 11 heteroatoms. The number of hydrogen-bond acceptors (Lipinski definition) is 8. The van der Waals surface area contributed by atoms with Crippen LogP contribution in [0.3, 0.4) is 0 Å². The summed E-state index contributed by atoms with van der Waals surface area (Å²) < 4.78 is 14.9. The second-order valence-corrected chi connectivity index (χ2v) is 11.4. The van der Waals surface area contributed by atoms with E-state index in [0.29, 0.717) is 30.3 Å². The monoisotopic (exact) mass is 568 g/mol. The van der Waals surface area contributed by atoms with Crippen LogP contribution in [-0.4, -0.2) is 68.5 Å². The highest BCUT2D eigenvalue weighted by Crippen LogP contribution is 2.43. The zero-order valence-electron chi connectivity index (χ0n) is 22.2. The van der Waals surface area contributed by atoms with Crippen molar-refractivity contribution in [3.05, 3.63) is 64.5 Å². The standard InChI is InChI=1S/C28H30ClFN6O2S/c1-6-22(38)34-11-17(5)35(12-16(34)4)26-18-10-19(29)25(23-20(30)8-7-9-21(23)37)33-27(18)36(13-31-26)28-24(15(2)3)32-14-39-28/h6-10,14-17,37H,1,11-13H2,2-5H3/t16-,17+/m1/s1. The average Bonchev–Trinajstić information content (AvgIpc) is 3.39. The van der Waals surface area contributed by atoms with Gasteiger partial charge >= 0.3 is 0 Å². The molecule has 5 rings (SSSR count). The minimum Gasteiger partial charge on any atom is -0.507 e. The van der Waals surface area contributed by atoms with Crippen LogP contribution < -0.4 is 4.90 Å². The van der Waals surface area contributed by atoms with Crippen LogP contribution in [0, 0.1) is 5.82 Å². The number of rotatable bonds is 4. The topological polar surface area (TPSA) is 85.2 Å². The molecule has 3 aromatic rings. The lowest BCUT2D eigenvalue weighted by atomic mass is 10.0. The summed E-state index contributed by atoms with van der Waals surface area (Å²) in [6, 6.07) is 5.75. The van der Waals surface area contributed by atoms with Gasteiger partial charge in [-0.25, -0.2) is 19.4 Å². The highest BCUT2D eigenvalue weighted by Gasteiger charge is 2.37. The molecule has 2 aliphatic heterocycles. The van der Waals surface area contributed by atoms with E-state index < -0.39 is 5.82 Å². The lowest BCUT2D eigenvalue weighted by molar-refractivity contribution is -0.130. The van der Waals surface area contributed by atoms with E-state index in [1.807, 2.05) is 23.6 Å². The lowest BCUT2D eigenvalue weighted by Gasteiger charge is -2.46. The summed E-state index contributed by atoms with van der Waals surface area (Å²) in [6.45, 7) is 13.2. The van der Waals surface area contributed by atoms with E-state index in [2.05, 4.69) is 30.3 Å². The minimum absolute atomic E-state index is 0.0352. The van der Waals surface area contributed by atoms with Crippen molar-refractivity contribution in [3.63, 3.8) is 0 Å². The first-order chi connectivity index (χ1) is 18.6. The van der Waals surface area contributed by atoms with E-state index in [9.17, 15) is 14.3 Å². The van der Waals surface area contributed by atoms with Gasteiger partial charge in [0.2, 0.25) is 5.91 Å². The smallest absolute Gasteiger partial charge is 0.246 e. The van der Waals surface area contributed by atoms with Crippen LogP contribution in [0.1, 0.15) is 44.9 Å². The first-order valence-electron chi connectivity index (χ1n) is 12.8. The Morgan fingerprint density at radius 1 is 1.28 bits per heavy atom. The van der Waals surface area contributed by atoms with Crippen LogP contribution in [0.4, 0.5) is 15.2 Å². The number of hydrogen-bond donors (Lipinski definition) is 1.